The van der Waals surface area contributed by atoms with Crippen molar-refractivity contribution in [3.05, 3.63) is 103 Å². The van der Waals surface area contributed by atoms with Gasteiger partial charge < -0.3 is 0 Å². The van der Waals surface area contributed by atoms with E-state index in [1.165, 1.54) is 0 Å². The first-order chi connectivity index (χ1) is 13.9. The van der Waals surface area contributed by atoms with Crippen LogP contribution in [0, 0.1) is 0 Å². The fourth-order valence-corrected chi connectivity index (χ4v) is 3.35. The summed E-state index contributed by atoms with van der Waals surface area (Å²) >= 11 is 0. The van der Waals surface area contributed by atoms with Crippen molar-refractivity contribution in [2.24, 2.45) is 0 Å². The van der Waals surface area contributed by atoms with Crippen molar-refractivity contribution >= 4 is 11.0 Å². The molecule has 132 valence electrons. The third-order valence-electron chi connectivity index (χ3n) is 4.77. The van der Waals surface area contributed by atoms with Crippen LogP contribution >= 0.6 is 0 Å². The first-order valence-electron chi connectivity index (χ1n) is 9.21. The van der Waals surface area contributed by atoms with Crippen LogP contribution in [0.3, 0.4) is 0 Å². The molecule has 3 heteroatoms. The molecule has 2 aromatic heterocycles. The highest BCUT2D eigenvalue weighted by Crippen LogP contribution is 2.32. The van der Waals surface area contributed by atoms with Crippen molar-refractivity contribution < 1.29 is 0 Å². The Labute approximate surface area is 163 Å². The second-order valence-corrected chi connectivity index (χ2v) is 6.59. The van der Waals surface area contributed by atoms with Gasteiger partial charge in [0.25, 0.3) is 0 Å². The van der Waals surface area contributed by atoms with Crippen LogP contribution in [0.4, 0.5) is 0 Å². The largest absolute Gasteiger partial charge is 0.264 e. The number of aromatic nitrogens is 3. The fourth-order valence-electron chi connectivity index (χ4n) is 3.35. The van der Waals surface area contributed by atoms with E-state index >= 15 is 0 Å². The van der Waals surface area contributed by atoms with E-state index in [2.05, 4.69) is 47.4 Å². The lowest BCUT2D eigenvalue weighted by molar-refractivity contribution is 1.29. The summed E-state index contributed by atoms with van der Waals surface area (Å²) in [6.45, 7) is 0. The van der Waals surface area contributed by atoms with Gasteiger partial charge in [0.1, 0.15) is 0 Å². The fraction of sp³-hybridized carbons (Fsp3) is 0. The highest BCUT2D eigenvalue weighted by atomic mass is 14.8. The Balaban J connectivity index is 1.67. The molecule has 0 saturated carbocycles. The van der Waals surface area contributed by atoms with E-state index in [4.69, 9.17) is 9.97 Å². The van der Waals surface area contributed by atoms with Gasteiger partial charge in [-0.05, 0) is 29.3 Å². The topological polar surface area (TPSA) is 38.7 Å². The summed E-state index contributed by atoms with van der Waals surface area (Å²) in [6, 6.07) is 30.7. The van der Waals surface area contributed by atoms with Gasteiger partial charge in [-0.25, -0.2) is 9.97 Å². The average Bonchev–Trinajstić information content (AvgIpc) is 2.79. The highest BCUT2D eigenvalue weighted by Gasteiger charge is 2.13. The van der Waals surface area contributed by atoms with Gasteiger partial charge in [-0.15, -0.1) is 0 Å². The first-order valence-corrected chi connectivity index (χ1v) is 9.21. The summed E-state index contributed by atoms with van der Waals surface area (Å²) in [5.41, 5.74) is 7.92. The van der Waals surface area contributed by atoms with Crippen LogP contribution in [0.2, 0.25) is 0 Å². The first kappa shape index (κ1) is 16.3. The van der Waals surface area contributed by atoms with Gasteiger partial charge in [0.15, 0.2) is 0 Å². The molecule has 0 spiro atoms. The molecule has 0 aliphatic rings. The molecule has 5 rings (SSSR count). The molecule has 5 aromatic rings. The van der Waals surface area contributed by atoms with Gasteiger partial charge in [-0.1, -0.05) is 72.8 Å². The Hall–Kier alpha value is -3.85. The monoisotopic (exact) mass is 359 g/mol. The van der Waals surface area contributed by atoms with Crippen molar-refractivity contribution in [3.8, 4) is 33.6 Å². The van der Waals surface area contributed by atoms with Crippen molar-refractivity contribution in [2.45, 2.75) is 0 Å². The van der Waals surface area contributed by atoms with Crippen LogP contribution in [0.5, 0.6) is 0 Å². The molecule has 0 aliphatic carbocycles. The Bertz CT molecular complexity index is 1230. The highest BCUT2D eigenvalue weighted by molar-refractivity contribution is 5.86. The number of hydrogen-bond acceptors (Lipinski definition) is 3. The molecule has 0 amide bonds. The maximum absolute atomic E-state index is 4.95. The summed E-state index contributed by atoms with van der Waals surface area (Å²) in [5, 5.41) is 0. The number of rotatable bonds is 3. The number of benzene rings is 3. The summed E-state index contributed by atoms with van der Waals surface area (Å²) < 4.78 is 0. The van der Waals surface area contributed by atoms with Crippen LogP contribution in [-0.2, 0) is 0 Å². The molecule has 0 atom stereocenters. The quantitative estimate of drug-likeness (QED) is 0.395. The zero-order valence-electron chi connectivity index (χ0n) is 15.2. The lowest BCUT2D eigenvalue weighted by Crippen LogP contribution is -1.95. The van der Waals surface area contributed by atoms with Gasteiger partial charge in [0.2, 0.25) is 0 Å². The lowest BCUT2D eigenvalue weighted by Gasteiger charge is -2.11. The third kappa shape index (κ3) is 3.03. The molecular formula is C25H17N3. The average molecular weight is 359 g/mol. The molecule has 3 aromatic carbocycles. The van der Waals surface area contributed by atoms with Crippen molar-refractivity contribution in [3.63, 3.8) is 0 Å². The maximum atomic E-state index is 4.95. The van der Waals surface area contributed by atoms with Gasteiger partial charge in [-0.3, -0.25) is 4.98 Å². The maximum Gasteiger partial charge on any atom is 0.0973 e. The minimum absolute atomic E-state index is 0.891. The molecule has 0 radical (unpaired) electrons. The zero-order valence-corrected chi connectivity index (χ0v) is 15.2. The van der Waals surface area contributed by atoms with Crippen LogP contribution in [-0.4, -0.2) is 15.0 Å². The molecule has 0 bridgehead atoms. The minimum atomic E-state index is 0.891. The van der Waals surface area contributed by atoms with Gasteiger partial charge in [0.05, 0.1) is 22.4 Å². The van der Waals surface area contributed by atoms with Gasteiger partial charge in [-0.2, -0.15) is 0 Å². The normalized spacial score (nSPS) is 10.9. The van der Waals surface area contributed by atoms with Crippen LogP contribution in [0.1, 0.15) is 0 Å². The predicted octanol–water partition coefficient (Wildman–Crippen LogP) is 6.03. The molecule has 0 unspecified atom stereocenters. The number of para-hydroxylation sites is 2. The SMILES string of the molecule is c1ccc(-c2nc3ccccc3nc2-c2ccc(-c3cccnc3)cc2)cc1. The summed E-state index contributed by atoms with van der Waals surface area (Å²) in [7, 11) is 0. The number of fused-ring (bicyclic) bond motifs is 1. The van der Waals surface area contributed by atoms with E-state index < -0.39 is 0 Å². The Morgan fingerprint density at radius 3 is 1.57 bits per heavy atom. The van der Waals surface area contributed by atoms with Gasteiger partial charge >= 0.3 is 0 Å². The smallest absolute Gasteiger partial charge is 0.0973 e. The van der Waals surface area contributed by atoms with Crippen molar-refractivity contribution in [1.29, 1.82) is 0 Å². The second-order valence-electron chi connectivity index (χ2n) is 6.59. The number of hydrogen-bond donors (Lipinski definition) is 0. The van der Waals surface area contributed by atoms with Crippen LogP contribution in [0.25, 0.3) is 44.7 Å². The third-order valence-corrected chi connectivity index (χ3v) is 4.77. The van der Waals surface area contributed by atoms with Crippen LogP contribution < -0.4 is 0 Å². The van der Waals surface area contributed by atoms with Gasteiger partial charge in [0, 0.05) is 23.5 Å². The second kappa shape index (κ2) is 7.05. The standard InChI is InChI=1S/C25H17N3/c1-2-7-19(8-3-1)24-25(28-23-11-5-4-10-22(23)27-24)20-14-12-18(13-15-20)21-9-6-16-26-17-21/h1-17H. The Morgan fingerprint density at radius 2 is 0.964 bits per heavy atom. The molecule has 2 heterocycles. The van der Waals surface area contributed by atoms with Crippen molar-refractivity contribution in [2.75, 3.05) is 0 Å². The van der Waals surface area contributed by atoms with Crippen molar-refractivity contribution in [1.82, 2.24) is 15.0 Å². The molecule has 0 fully saturated rings. The summed E-state index contributed by atoms with van der Waals surface area (Å²) in [4.78, 5) is 14.1. The zero-order chi connectivity index (χ0) is 18.8. The Kier molecular flexibility index (Phi) is 4.11. The molecule has 3 nitrogen and oxygen atoms in total. The van der Waals surface area contributed by atoms with E-state index in [1.54, 1.807) is 6.20 Å². The summed E-state index contributed by atoms with van der Waals surface area (Å²) in [5.74, 6) is 0. The lowest BCUT2D eigenvalue weighted by atomic mass is 10.0. The minimum Gasteiger partial charge on any atom is -0.264 e. The number of nitrogens with zero attached hydrogens (tertiary/aromatic N) is 3. The molecule has 0 aliphatic heterocycles. The summed E-state index contributed by atoms with van der Waals surface area (Å²) in [6.07, 6.45) is 3.66. The van der Waals surface area contributed by atoms with E-state index in [9.17, 15) is 0 Å². The van der Waals surface area contributed by atoms with Crippen LogP contribution in [0.15, 0.2) is 103 Å². The Morgan fingerprint density at radius 1 is 0.429 bits per heavy atom. The van der Waals surface area contributed by atoms with E-state index in [1.807, 2.05) is 54.7 Å². The van der Waals surface area contributed by atoms with E-state index in [0.29, 0.717) is 0 Å². The molecular weight excluding hydrogens is 342 g/mol. The molecule has 28 heavy (non-hydrogen) atoms. The molecule has 0 N–H and O–H groups in total. The molecule has 0 saturated heterocycles. The van der Waals surface area contributed by atoms with E-state index in [-0.39, 0.29) is 0 Å². The predicted molar refractivity (Wildman–Crippen MR) is 114 cm³/mol. The van der Waals surface area contributed by atoms with E-state index in [0.717, 1.165) is 44.7 Å². The number of pyridine rings is 1.